The van der Waals surface area contributed by atoms with Crippen LogP contribution >= 0.6 is 7.82 Å². The van der Waals surface area contributed by atoms with Crippen molar-refractivity contribution in [3.8, 4) is 0 Å². The largest absolute Gasteiger partial charge is 0.472 e. The number of phosphoric ester groups is 1. The van der Waals surface area contributed by atoms with Crippen molar-refractivity contribution in [1.29, 1.82) is 0 Å². The third-order valence-electron chi connectivity index (χ3n) is 4.86. The highest BCUT2D eigenvalue weighted by Crippen LogP contribution is 2.46. The lowest BCUT2D eigenvalue weighted by atomic mass is 10.0. The van der Waals surface area contributed by atoms with Gasteiger partial charge in [0.05, 0.1) is 27.7 Å². The molecule has 0 rings (SSSR count). The van der Waals surface area contributed by atoms with Gasteiger partial charge in [-0.05, 0) is 6.42 Å². The highest BCUT2D eigenvalue weighted by Gasteiger charge is 2.32. The Kier molecular flexibility index (Phi) is 16.6. The predicted octanol–water partition coefficient (Wildman–Crippen LogP) is 4.36. The van der Waals surface area contributed by atoms with Crippen LogP contribution in [0.15, 0.2) is 0 Å². The number of hydrogen-bond acceptors (Lipinski definition) is 6. The number of quaternary nitrogens is 1. The van der Waals surface area contributed by atoms with Crippen molar-refractivity contribution in [3.63, 3.8) is 0 Å². The number of likely N-dealkylation sites (N-methyl/N-ethyl adjacent to an activating group) is 1. The summed E-state index contributed by atoms with van der Waals surface area (Å²) in [6.45, 7) is 2.30. The van der Waals surface area contributed by atoms with Gasteiger partial charge < -0.3 is 14.5 Å². The Morgan fingerprint density at radius 2 is 1.41 bits per heavy atom. The molecule has 9 heteroatoms. The molecule has 0 spiro atoms. The van der Waals surface area contributed by atoms with Gasteiger partial charge in [0, 0.05) is 0 Å². The second kappa shape index (κ2) is 16.6. The molecule has 0 radical (unpaired) electrons. The first-order valence-electron chi connectivity index (χ1n) is 11.0. The van der Waals surface area contributed by atoms with Crippen LogP contribution < -0.4 is 0 Å². The van der Waals surface area contributed by atoms with Gasteiger partial charge in [-0.15, -0.1) is 0 Å². The summed E-state index contributed by atoms with van der Waals surface area (Å²) >= 11 is 0. The molecule has 0 fully saturated rings. The Bertz CT molecular complexity index is 428. The maximum Gasteiger partial charge on any atom is 0.472 e. The number of aliphatic hydroxyl groups excluding tert-OH is 1. The van der Waals surface area contributed by atoms with Gasteiger partial charge in [-0.25, -0.2) is 9.45 Å². The monoisotopic (exact) mass is 442 g/mol. The predicted molar refractivity (Wildman–Crippen MR) is 115 cm³/mol. The fourth-order valence-electron chi connectivity index (χ4n) is 2.99. The van der Waals surface area contributed by atoms with Crippen LogP contribution in [0.3, 0.4) is 0 Å². The molecule has 0 aromatic heterocycles. The molecular formula is C20H45NO7P+. The number of hydrogen-bond donors (Lipinski definition) is 3. The van der Waals surface area contributed by atoms with E-state index in [1.165, 1.54) is 44.9 Å². The first-order valence-corrected chi connectivity index (χ1v) is 12.5. The molecule has 0 saturated carbocycles. The maximum atomic E-state index is 12.2. The zero-order chi connectivity index (χ0) is 22.2. The average Bonchev–Trinajstić information content (AvgIpc) is 2.62. The molecule has 0 aliphatic carbocycles. The van der Waals surface area contributed by atoms with Gasteiger partial charge in [-0.2, -0.15) is 0 Å². The Labute approximate surface area is 177 Å². The van der Waals surface area contributed by atoms with E-state index in [2.05, 4.69) is 11.8 Å². The lowest BCUT2D eigenvalue weighted by Gasteiger charge is -2.27. The summed E-state index contributed by atoms with van der Waals surface area (Å²) in [6, 6.07) is 0. The van der Waals surface area contributed by atoms with Crippen LogP contribution in [0, 0.1) is 0 Å². The van der Waals surface area contributed by atoms with Crippen molar-refractivity contribution in [2.45, 2.75) is 89.8 Å². The zero-order valence-electron chi connectivity index (χ0n) is 18.9. The lowest BCUT2D eigenvalue weighted by Crippen LogP contribution is -2.37. The zero-order valence-corrected chi connectivity index (χ0v) is 19.8. The maximum absolute atomic E-state index is 12.2. The quantitative estimate of drug-likeness (QED) is 0.0846. The van der Waals surface area contributed by atoms with E-state index in [-0.39, 0.29) is 6.61 Å². The third kappa shape index (κ3) is 17.3. The van der Waals surface area contributed by atoms with E-state index in [0.29, 0.717) is 17.4 Å². The molecule has 29 heavy (non-hydrogen) atoms. The lowest BCUT2D eigenvalue weighted by molar-refractivity contribution is -0.870. The van der Waals surface area contributed by atoms with E-state index in [4.69, 9.17) is 14.3 Å². The van der Waals surface area contributed by atoms with E-state index in [9.17, 15) is 14.6 Å². The summed E-state index contributed by atoms with van der Waals surface area (Å²) in [5.41, 5.74) is 0. The minimum absolute atomic E-state index is 0.0615. The van der Waals surface area contributed by atoms with Crippen molar-refractivity contribution < 1.29 is 38.2 Å². The van der Waals surface area contributed by atoms with E-state index in [1.54, 1.807) is 0 Å². The van der Waals surface area contributed by atoms with E-state index in [0.717, 1.165) is 19.3 Å². The van der Waals surface area contributed by atoms with Crippen LogP contribution in [0.25, 0.3) is 0 Å². The van der Waals surface area contributed by atoms with Crippen molar-refractivity contribution in [2.24, 2.45) is 0 Å². The molecule has 0 aromatic carbocycles. The summed E-state index contributed by atoms with van der Waals surface area (Å²) in [4.78, 5) is 14.2. The standard InChI is InChI=1S/C20H44NO7P/c1-5-6-7-8-9-10-11-12-13-14-15-19(20(18-22)27-23)28-29(24,25)26-17-16-21(2,3)4/h19-20,22H,5-18H2,1-4H3,(H-,23,24,25)/p+1/t19?,20-/m0/s1. The Balaban J connectivity index is 4.24. The van der Waals surface area contributed by atoms with Gasteiger partial charge in [0.1, 0.15) is 25.4 Å². The molecule has 0 amide bonds. The van der Waals surface area contributed by atoms with Crippen LogP contribution in [-0.2, 0) is 18.5 Å². The number of unbranched alkanes of at least 4 members (excludes halogenated alkanes) is 9. The molecule has 0 bridgehead atoms. The molecule has 8 nitrogen and oxygen atoms in total. The smallest absolute Gasteiger partial charge is 0.393 e. The summed E-state index contributed by atoms with van der Waals surface area (Å²) in [5.74, 6) is 0. The number of aliphatic hydroxyl groups is 1. The Morgan fingerprint density at radius 3 is 1.86 bits per heavy atom. The second-order valence-corrected chi connectivity index (χ2v) is 10.2. The summed E-state index contributed by atoms with van der Waals surface area (Å²) in [5, 5.41) is 18.3. The topological polar surface area (TPSA) is 105 Å². The minimum atomic E-state index is -4.31. The Hall–Kier alpha value is -0.0500. The molecule has 0 heterocycles. The fraction of sp³-hybridized carbons (Fsp3) is 1.00. The van der Waals surface area contributed by atoms with Crippen LogP contribution in [-0.4, -0.2) is 72.8 Å². The van der Waals surface area contributed by atoms with E-state index in [1.807, 2.05) is 21.1 Å². The molecule has 2 unspecified atom stereocenters. The average molecular weight is 443 g/mol. The summed E-state index contributed by atoms with van der Waals surface area (Å²) in [7, 11) is 1.53. The van der Waals surface area contributed by atoms with Crippen LogP contribution in [0.4, 0.5) is 0 Å². The van der Waals surface area contributed by atoms with Crippen molar-refractivity contribution in [1.82, 2.24) is 0 Å². The van der Waals surface area contributed by atoms with E-state index < -0.39 is 26.6 Å². The first-order chi connectivity index (χ1) is 13.6. The molecule has 0 aliphatic rings. The highest BCUT2D eigenvalue weighted by molar-refractivity contribution is 7.47. The number of rotatable bonds is 20. The number of phosphoric acid groups is 1. The van der Waals surface area contributed by atoms with Gasteiger partial charge in [0.25, 0.3) is 0 Å². The van der Waals surface area contributed by atoms with Gasteiger partial charge in [0.15, 0.2) is 0 Å². The van der Waals surface area contributed by atoms with E-state index >= 15 is 0 Å². The third-order valence-corrected chi connectivity index (χ3v) is 5.90. The fourth-order valence-corrected chi connectivity index (χ4v) is 3.95. The highest BCUT2D eigenvalue weighted by atomic mass is 31.2. The number of nitrogens with zero attached hydrogens (tertiary/aromatic N) is 1. The van der Waals surface area contributed by atoms with Gasteiger partial charge in [-0.1, -0.05) is 71.1 Å². The van der Waals surface area contributed by atoms with Crippen molar-refractivity contribution >= 4 is 7.82 Å². The molecule has 0 aromatic rings. The SMILES string of the molecule is CCCCCCCCCCCCC(OP(=O)(O)OCC[N+](C)(C)C)[C@H](CO)OO. The first kappa shape index (κ1) is 28.9. The van der Waals surface area contributed by atoms with Gasteiger partial charge in [-0.3, -0.25) is 14.3 Å². The summed E-state index contributed by atoms with van der Waals surface area (Å²) in [6.07, 6.45) is 10.0. The molecule has 0 saturated heterocycles. The van der Waals surface area contributed by atoms with Crippen LogP contribution in [0.2, 0.25) is 0 Å². The van der Waals surface area contributed by atoms with Crippen molar-refractivity contribution in [2.75, 3.05) is 40.9 Å². The van der Waals surface area contributed by atoms with Crippen molar-refractivity contribution in [3.05, 3.63) is 0 Å². The van der Waals surface area contributed by atoms with Gasteiger partial charge in [0.2, 0.25) is 0 Å². The van der Waals surface area contributed by atoms with Crippen LogP contribution in [0.5, 0.6) is 0 Å². The van der Waals surface area contributed by atoms with Gasteiger partial charge >= 0.3 is 7.82 Å². The molecule has 0 aliphatic heterocycles. The molecular weight excluding hydrogens is 397 g/mol. The van der Waals surface area contributed by atoms with Crippen LogP contribution in [0.1, 0.15) is 77.6 Å². The molecule has 3 N–H and O–H groups in total. The Morgan fingerprint density at radius 1 is 0.897 bits per heavy atom. The second-order valence-electron chi connectivity index (χ2n) is 8.76. The molecule has 3 atom stereocenters. The minimum Gasteiger partial charge on any atom is -0.393 e. The summed E-state index contributed by atoms with van der Waals surface area (Å²) < 4.78 is 23.0. The molecule has 176 valence electrons. The normalized spacial score (nSPS) is 16.5.